The van der Waals surface area contributed by atoms with Gasteiger partial charge in [-0.2, -0.15) is 0 Å². The van der Waals surface area contributed by atoms with E-state index >= 15 is 0 Å². The quantitative estimate of drug-likeness (QED) is 0.766. The molecular weight excluding hydrogens is 252 g/mol. The van der Waals surface area contributed by atoms with Crippen LogP contribution >= 0.6 is 0 Å². The second-order valence-corrected chi connectivity index (χ2v) is 5.56. The molecule has 0 saturated heterocycles. The number of carbonyl (C=O) groups excluding carboxylic acids is 1. The topological polar surface area (TPSA) is 64.3 Å². The Morgan fingerprint density at radius 1 is 1.40 bits per heavy atom. The fourth-order valence-corrected chi connectivity index (χ4v) is 2.21. The van der Waals surface area contributed by atoms with E-state index in [4.69, 9.17) is 10.5 Å². The fraction of sp³-hybridized carbons (Fsp3) is 0.562. The third-order valence-electron chi connectivity index (χ3n) is 3.36. The zero-order valence-corrected chi connectivity index (χ0v) is 12.9. The minimum absolute atomic E-state index is 0.190. The van der Waals surface area contributed by atoms with Crippen molar-refractivity contribution in [1.29, 1.82) is 0 Å². The van der Waals surface area contributed by atoms with Crippen molar-refractivity contribution in [2.75, 3.05) is 6.61 Å². The number of hydrogen-bond donors (Lipinski definition) is 2. The molecule has 4 heteroatoms. The molecule has 1 amide bonds. The minimum Gasteiger partial charge on any atom is -0.493 e. The molecule has 1 unspecified atom stereocenters. The van der Waals surface area contributed by atoms with Gasteiger partial charge in [0.05, 0.1) is 12.1 Å². The number of aryl methyl sites for hydroxylation is 1. The lowest BCUT2D eigenvalue weighted by atomic mass is 9.96. The highest BCUT2D eigenvalue weighted by Gasteiger charge is 2.31. The average Bonchev–Trinajstić information content (AvgIpc) is 2.38. The number of rotatable bonds is 8. The molecule has 4 nitrogen and oxygen atoms in total. The van der Waals surface area contributed by atoms with Gasteiger partial charge in [0.25, 0.3) is 0 Å². The number of benzene rings is 1. The van der Waals surface area contributed by atoms with Gasteiger partial charge < -0.3 is 15.8 Å². The molecule has 1 rings (SSSR count). The van der Waals surface area contributed by atoms with E-state index in [9.17, 15) is 4.79 Å². The van der Waals surface area contributed by atoms with Crippen molar-refractivity contribution in [3.05, 3.63) is 29.8 Å². The van der Waals surface area contributed by atoms with Gasteiger partial charge in [-0.3, -0.25) is 4.79 Å². The van der Waals surface area contributed by atoms with Crippen LogP contribution in [0.5, 0.6) is 5.75 Å². The molecule has 0 saturated carbocycles. The molecule has 0 aliphatic rings. The SMILES string of the molecule is CCc1ccccc1OCCC(C)(NC(C)C)C(N)=O. The molecule has 0 aromatic heterocycles. The van der Waals surface area contributed by atoms with Gasteiger partial charge in [0.15, 0.2) is 0 Å². The third-order valence-corrected chi connectivity index (χ3v) is 3.36. The maximum Gasteiger partial charge on any atom is 0.237 e. The van der Waals surface area contributed by atoms with Crippen molar-refractivity contribution in [3.8, 4) is 5.75 Å². The van der Waals surface area contributed by atoms with Gasteiger partial charge in [0.2, 0.25) is 5.91 Å². The first-order chi connectivity index (χ1) is 9.39. The van der Waals surface area contributed by atoms with Gasteiger partial charge in [0.1, 0.15) is 5.75 Å². The zero-order chi connectivity index (χ0) is 15.2. The summed E-state index contributed by atoms with van der Waals surface area (Å²) in [5.74, 6) is 0.532. The molecule has 0 fully saturated rings. The number of nitrogens with two attached hydrogens (primary N) is 1. The Morgan fingerprint density at radius 2 is 2.05 bits per heavy atom. The highest BCUT2D eigenvalue weighted by molar-refractivity contribution is 5.84. The summed E-state index contributed by atoms with van der Waals surface area (Å²) in [6, 6.07) is 8.15. The number of amides is 1. The molecular formula is C16H26N2O2. The first-order valence-corrected chi connectivity index (χ1v) is 7.17. The molecule has 0 spiro atoms. The van der Waals surface area contributed by atoms with E-state index in [1.807, 2.05) is 39.0 Å². The highest BCUT2D eigenvalue weighted by atomic mass is 16.5. The zero-order valence-electron chi connectivity index (χ0n) is 12.9. The largest absolute Gasteiger partial charge is 0.493 e. The Labute approximate surface area is 121 Å². The molecule has 0 aliphatic carbocycles. The molecule has 3 N–H and O–H groups in total. The predicted octanol–water partition coefficient (Wildman–Crippen LogP) is 2.26. The van der Waals surface area contributed by atoms with Crippen molar-refractivity contribution in [2.45, 2.75) is 52.1 Å². The van der Waals surface area contributed by atoms with Crippen LogP contribution in [0.4, 0.5) is 0 Å². The van der Waals surface area contributed by atoms with Crippen molar-refractivity contribution >= 4 is 5.91 Å². The van der Waals surface area contributed by atoms with E-state index in [-0.39, 0.29) is 11.9 Å². The van der Waals surface area contributed by atoms with E-state index in [0.29, 0.717) is 13.0 Å². The molecule has 20 heavy (non-hydrogen) atoms. The third kappa shape index (κ3) is 4.53. The van der Waals surface area contributed by atoms with E-state index in [2.05, 4.69) is 18.3 Å². The minimum atomic E-state index is -0.741. The number of ether oxygens (including phenoxy) is 1. The monoisotopic (exact) mass is 278 g/mol. The summed E-state index contributed by atoms with van der Waals surface area (Å²) < 4.78 is 5.81. The van der Waals surface area contributed by atoms with E-state index in [0.717, 1.165) is 12.2 Å². The molecule has 1 aromatic rings. The van der Waals surface area contributed by atoms with Crippen LogP contribution in [0.2, 0.25) is 0 Å². The predicted molar refractivity (Wildman–Crippen MR) is 81.8 cm³/mol. The lowest BCUT2D eigenvalue weighted by Gasteiger charge is -2.29. The summed E-state index contributed by atoms with van der Waals surface area (Å²) in [5.41, 5.74) is 5.93. The van der Waals surface area contributed by atoms with E-state index in [1.165, 1.54) is 5.56 Å². The van der Waals surface area contributed by atoms with Gasteiger partial charge in [-0.05, 0) is 38.8 Å². The van der Waals surface area contributed by atoms with Crippen molar-refractivity contribution in [1.82, 2.24) is 5.32 Å². The summed E-state index contributed by atoms with van der Waals surface area (Å²) in [5, 5.41) is 3.22. The van der Waals surface area contributed by atoms with Crippen LogP contribution < -0.4 is 15.8 Å². The lowest BCUT2D eigenvalue weighted by molar-refractivity contribution is -0.124. The second-order valence-electron chi connectivity index (χ2n) is 5.56. The van der Waals surface area contributed by atoms with Gasteiger partial charge >= 0.3 is 0 Å². The normalized spacial score (nSPS) is 14.1. The van der Waals surface area contributed by atoms with Crippen LogP contribution in [-0.4, -0.2) is 24.1 Å². The summed E-state index contributed by atoms with van der Waals surface area (Å²) >= 11 is 0. The Morgan fingerprint density at radius 3 is 2.60 bits per heavy atom. The first-order valence-electron chi connectivity index (χ1n) is 7.17. The summed E-state index contributed by atoms with van der Waals surface area (Å²) in [4.78, 5) is 11.6. The molecule has 112 valence electrons. The van der Waals surface area contributed by atoms with Gasteiger partial charge in [-0.25, -0.2) is 0 Å². The first kappa shape index (κ1) is 16.5. The molecule has 0 aliphatic heterocycles. The molecule has 0 bridgehead atoms. The van der Waals surface area contributed by atoms with Gasteiger partial charge in [-0.15, -0.1) is 0 Å². The van der Waals surface area contributed by atoms with Crippen LogP contribution in [0.15, 0.2) is 24.3 Å². The molecule has 1 aromatic carbocycles. The van der Waals surface area contributed by atoms with Gasteiger partial charge in [0, 0.05) is 12.5 Å². The van der Waals surface area contributed by atoms with Crippen molar-refractivity contribution in [3.63, 3.8) is 0 Å². The van der Waals surface area contributed by atoms with E-state index in [1.54, 1.807) is 0 Å². The Hall–Kier alpha value is -1.55. The Kier molecular flexibility index (Phi) is 6.02. The molecule has 0 radical (unpaired) electrons. The van der Waals surface area contributed by atoms with Crippen LogP contribution in [0.1, 0.15) is 39.7 Å². The van der Waals surface area contributed by atoms with Crippen LogP contribution in [-0.2, 0) is 11.2 Å². The van der Waals surface area contributed by atoms with Crippen LogP contribution in [0.3, 0.4) is 0 Å². The fourth-order valence-electron chi connectivity index (χ4n) is 2.21. The summed E-state index contributed by atoms with van der Waals surface area (Å²) in [6.07, 6.45) is 1.46. The highest BCUT2D eigenvalue weighted by Crippen LogP contribution is 2.19. The Balaban J connectivity index is 2.63. The summed E-state index contributed by atoms with van der Waals surface area (Å²) in [6.45, 7) is 8.36. The maximum absolute atomic E-state index is 11.6. The lowest BCUT2D eigenvalue weighted by Crippen LogP contribution is -2.56. The number of hydrogen-bond acceptors (Lipinski definition) is 3. The van der Waals surface area contributed by atoms with Gasteiger partial charge in [-0.1, -0.05) is 25.1 Å². The average molecular weight is 278 g/mol. The van der Waals surface area contributed by atoms with Crippen molar-refractivity contribution in [2.24, 2.45) is 5.73 Å². The number of primary amides is 1. The van der Waals surface area contributed by atoms with Crippen LogP contribution in [0.25, 0.3) is 0 Å². The van der Waals surface area contributed by atoms with Crippen molar-refractivity contribution < 1.29 is 9.53 Å². The molecule has 0 heterocycles. The number of carbonyl (C=O) groups is 1. The van der Waals surface area contributed by atoms with Crippen LogP contribution in [0, 0.1) is 0 Å². The molecule has 1 atom stereocenters. The second kappa shape index (κ2) is 7.29. The standard InChI is InChI=1S/C16H26N2O2/c1-5-13-8-6-7-9-14(13)20-11-10-16(4,15(17)19)18-12(2)3/h6-9,12,18H,5,10-11H2,1-4H3,(H2,17,19). The number of para-hydroxylation sites is 1. The summed E-state index contributed by atoms with van der Waals surface area (Å²) in [7, 11) is 0. The number of nitrogens with one attached hydrogen (secondary N) is 1. The Bertz CT molecular complexity index is 446. The van der Waals surface area contributed by atoms with E-state index < -0.39 is 5.54 Å². The smallest absolute Gasteiger partial charge is 0.237 e. The maximum atomic E-state index is 11.6.